The predicted molar refractivity (Wildman–Crippen MR) is 79.3 cm³/mol. The third kappa shape index (κ3) is 2.90. The van der Waals surface area contributed by atoms with Crippen LogP contribution in [0.25, 0.3) is 10.9 Å². The zero-order valence-electron chi connectivity index (χ0n) is 12.0. The van der Waals surface area contributed by atoms with Crippen molar-refractivity contribution in [1.82, 2.24) is 9.88 Å². The lowest BCUT2D eigenvalue weighted by molar-refractivity contribution is 0.0935. The molecule has 2 rings (SSSR count). The number of fused-ring (bicyclic) bond motifs is 1. The van der Waals surface area contributed by atoms with E-state index < -0.39 is 6.04 Å². The summed E-state index contributed by atoms with van der Waals surface area (Å²) in [5.41, 5.74) is 1.54. The molecule has 4 nitrogen and oxygen atoms in total. The lowest BCUT2D eigenvalue weighted by Gasteiger charge is -2.14. The van der Waals surface area contributed by atoms with Crippen LogP contribution in [0.2, 0.25) is 0 Å². The molecule has 4 heteroatoms. The zero-order chi connectivity index (χ0) is 14.7. The molecular formula is C16H19N2O2. The summed E-state index contributed by atoms with van der Waals surface area (Å²) in [6, 6.07) is 9.07. The Morgan fingerprint density at radius 2 is 2.05 bits per heavy atom. The maximum Gasteiger partial charge on any atom is 0.268 e. The van der Waals surface area contributed by atoms with Crippen molar-refractivity contribution in [3.05, 3.63) is 36.0 Å². The molecule has 0 spiro atoms. The van der Waals surface area contributed by atoms with Crippen LogP contribution in [-0.2, 0) is 11.8 Å². The summed E-state index contributed by atoms with van der Waals surface area (Å²) in [7, 11) is 1.85. The number of hydrogen-bond donors (Lipinski definition) is 1. The molecule has 1 atom stereocenters. The average Bonchev–Trinajstić information content (AvgIpc) is 2.75. The van der Waals surface area contributed by atoms with Gasteiger partial charge in [0.05, 0.1) is 6.04 Å². The number of nitrogens with zero attached hydrogens (tertiary/aromatic N) is 1. The molecule has 0 aliphatic heterocycles. The van der Waals surface area contributed by atoms with Crippen LogP contribution in [0.15, 0.2) is 30.3 Å². The Bertz CT molecular complexity index is 628. The number of aryl methyl sites for hydroxylation is 1. The number of hydrogen-bond acceptors (Lipinski definition) is 2. The number of nitrogens with one attached hydrogen (secondary N) is 1. The van der Waals surface area contributed by atoms with Gasteiger partial charge in [-0.3, -0.25) is 9.59 Å². The first kappa shape index (κ1) is 14.3. The molecule has 1 N–H and O–H groups in total. The SMILES string of the molecule is CC(C)C[C@@H]([C]=O)NC(=O)c1cc2ccccc2n1C. The van der Waals surface area contributed by atoms with Gasteiger partial charge in [-0.15, -0.1) is 0 Å². The highest BCUT2D eigenvalue weighted by Crippen LogP contribution is 2.18. The molecule has 1 aromatic carbocycles. The molecule has 1 heterocycles. The van der Waals surface area contributed by atoms with Crippen molar-refractivity contribution in [2.24, 2.45) is 13.0 Å². The number of benzene rings is 1. The van der Waals surface area contributed by atoms with E-state index in [0.29, 0.717) is 18.0 Å². The highest BCUT2D eigenvalue weighted by Gasteiger charge is 2.18. The van der Waals surface area contributed by atoms with Crippen molar-refractivity contribution >= 4 is 23.1 Å². The Labute approximate surface area is 118 Å². The van der Waals surface area contributed by atoms with Gasteiger partial charge in [0, 0.05) is 18.0 Å². The number of carbonyl (C=O) groups excluding carboxylic acids is 2. The van der Waals surface area contributed by atoms with Gasteiger partial charge in [-0.1, -0.05) is 32.0 Å². The topological polar surface area (TPSA) is 51.1 Å². The summed E-state index contributed by atoms with van der Waals surface area (Å²) in [5, 5.41) is 3.74. The molecule has 20 heavy (non-hydrogen) atoms. The van der Waals surface area contributed by atoms with Gasteiger partial charge in [-0.25, -0.2) is 0 Å². The second-order valence-electron chi connectivity index (χ2n) is 5.42. The molecule has 2 aromatic rings. The number of aromatic nitrogens is 1. The van der Waals surface area contributed by atoms with Gasteiger partial charge in [0.25, 0.3) is 5.91 Å². The summed E-state index contributed by atoms with van der Waals surface area (Å²) in [6.45, 7) is 4.01. The van der Waals surface area contributed by atoms with E-state index in [1.165, 1.54) is 0 Å². The van der Waals surface area contributed by atoms with Crippen molar-refractivity contribution in [2.45, 2.75) is 26.3 Å². The molecular weight excluding hydrogens is 252 g/mol. The fourth-order valence-electron chi connectivity index (χ4n) is 2.35. The van der Waals surface area contributed by atoms with E-state index in [2.05, 4.69) is 5.32 Å². The van der Waals surface area contributed by atoms with Crippen molar-refractivity contribution in [1.29, 1.82) is 0 Å². The molecule has 1 amide bonds. The van der Waals surface area contributed by atoms with E-state index in [1.807, 2.05) is 62.1 Å². The molecule has 105 valence electrons. The number of amides is 1. The normalized spacial score (nSPS) is 12.6. The summed E-state index contributed by atoms with van der Waals surface area (Å²) in [4.78, 5) is 23.2. The third-order valence-corrected chi connectivity index (χ3v) is 3.34. The van der Waals surface area contributed by atoms with Crippen LogP contribution in [0, 0.1) is 5.92 Å². The van der Waals surface area contributed by atoms with Gasteiger partial charge in [-0.05, 0) is 24.5 Å². The van der Waals surface area contributed by atoms with Gasteiger partial charge in [-0.2, -0.15) is 0 Å². The standard InChI is InChI=1S/C16H19N2O2/c1-11(2)8-13(10-19)17-16(20)15-9-12-6-4-5-7-14(12)18(15)3/h4-7,9,11,13H,8H2,1-3H3,(H,17,20)/t13-/m0/s1. The van der Waals surface area contributed by atoms with E-state index in [9.17, 15) is 9.59 Å². The minimum Gasteiger partial charge on any atom is -0.340 e. The lowest BCUT2D eigenvalue weighted by atomic mass is 10.0. The first-order valence-corrected chi connectivity index (χ1v) is 6.76. The van der Waals surface area contributed by atoms with Crippen LogP contribution in [0.1, 0.15) is 30.8 Å². The van der Waals surface area contributed by atoms with Gasteiger partial charge in [0.15, 0.2) is 0 Å². The van der Waals surface area contributed by atoms with E-state index in [4.69, 9.17) is 0 Å². The second-order valence-corrected chi connectivity index (χ2v) is 5.42. The van der Waals surface area contributed by atoms with Crippen LogP contribution in [0.4, 0.5) is 0 Å². The second kappa shape index (κ2) is 5.90. The van der Waals surface area contributed by atoms with Crippen LogP contribution >= 0.6 is 0 Å². The molecule has 1 aromatic heterocycles. The molecule has 1 radical (unpaired) electrons. The maximum absolute atomic E-state index is 12.3. The summed E-state index contributed by atoms with van der Waals surface area (Å²) in [5.74, 6) is 0.0898. The lowest BCUT2D eigenvalue weighted by Crippen LogP contribution is -2.37. The minimum absolute atomic E-state index is 0.238. The Kier molecular flexibility index (Phi) is 4.23. The van der Waals surface area contributed by atoms with E-state index in [0.717, 1.165) is 10.9 Å². The number of carbonyl (C=O) groups is 1. The van der Waals surface area contributed by atoms with Crippen LogP contribution < -0.4 is 5.32 Å². The van der Waals surface area contributed by atoms with Crippen molar-refractivity contribution in [3.8, 4) is 0 Å². The van der Waals surface area contributed by atoms with E-state index in [-0.39, 0.29) is 5.91 Å². The molecule has 0 saturated carbocycles. The molecule has 0 unspecified atom stereocenters. The maximum atomic E-state index is 12.3. The third-order valence-electron chi connectivity index (χ3n) is 3.34. The van der Waals surface area contributed by atoms with Crippen molar-refractivity contribution in [2.75, 3.05) is 0 Å². The van der Waals surface area contributed by atoms with E-state index >= 15 is 0 Å². The minimum atomic E-state index is -0.555. The fraction of sp³-hybridized carbons (Fsp3) is 0.375. The largest absolute Gasteiger partial charge is 0.340 e. The van der Waals surface area contributed by atoms with Crippen LogP contribution in [0.3, 0.4) is 0 Å². The zero-order valence-corrected chi connectivity index (χ0v) is 12.0. The van der Waals surface area contributed by atoms with Gasteiger partial charge in [0.2, 0.25) is 6.29 Å². The Morgan fingerprint density at radius 3 is 2.65 bits per heavy atom. The summed E-state index contributed by atoms with van der Waals surface area (Å²) in [6.07, 6.45) is 2.49. The average molecular weight is 271 g/mol. The monoisotopic (exact) mass is 271 g/mol. The Balaban J connectivity index is 2.23. The first-order valence-electron chi connectivity index (χ1n) is 6.76. The van der Waals surface area contributed by atoms with Crippen molar-refractivity contribution in [3.63, 3.8) is 0 Å². The molecule has 0 aliphatic rings. The molecule has 0 fully saturated rings. The highest BCUT2D eigenvalue weighted by atomic mass is 16.2. The van der Waals surface area contributed by atoms with E-state index in [1.54, 1.807) is 0 Å². The number of rotatable bonds is 5. The Hall–Kier alpha value is -2.10. The number of para-hydroxylation sites is 1. The quantitative estimate of drug-likeness (QED) is 0.908. The molecule has 0 saturated heterocycles. The molecule has 0 bridgehead atoms. The van der Waals surface area contributed by atoms with Gasteiger partial charge >= 0.3 is 0 Å². The van der Waals surface area contributed by atoms with Gasteiger partial charge < -0.3 is 9.88 Å². The van der Waals surface area contributed by atoms with Crippen LogP contribution in [0.5, 0.6) is 0 Å². The Morgan fingerprint density at radius 1 is 1.35 bits per heavy atom. The first-order chi connectivity index (χ1) is 9.52. The smallest absolute Gasteiger partial charge is 0.268 e. The van der Waals surface area contributed by atoms with Gasteiger partial charge in [0.1, 0.15) is 5.69 Å². The summed E-state index contributed by atoms with van der Waals surface area (Å²) >= 11 is 0. The molecule has 0 aliphatic carbocycles. The highest BCUT2D eigenvalue weighted by molar-refractivity contribution is 5.99. The van der Waals surface area contributed by atoms with Crippen molar-refractivity contribution < 1.29 is 9.59 Å². The predicted octanol–water partition coefficient (Wildman–Crippen LogP) is 2.43. The summed E-state index contributed by atoms with van der Waals surface area (Å²) < 4.78 is 1.84. The fourth-order valence-corrected chi connectivity index (χ4v) is 2.35. The van der Waals surface area contributed by atoms with Crippen LogP contribution in [-0.4, -0.2) is 22.8 Å².